The molecule has 1 aliphatic heterocycles. The molecule has 5 heteroatoms. The largest absolute Gasteiger partial charge is 0.393 e. The monoisotopic (exact) mass is 287 g/mol. The molecule has 1 saturated heterocycles. The maximum atomic E-state index is 12.2. The molecule has 5 nitrogen and oxygen atoms in total. The summed E-state index contributed by atoms with van der Waals surface area (Å²) in [4.78, 5) is 19.0. The molecule has 0 bridgehead atoms. The number of hydrogen-bond acceptors (Lipinski definition) is 4. The zero-order valence-electron chi connectivity index (χ0n) is 12.5. The fourth-order valence-corrected chi connectivity index (χ4v) is 2.97. The molecule has 0 saturated carbocycles. The zero-order chi connectivity index (χ0) is 15.0. The van der Waals surface area contributed by atoms with Gasteiger partial charge >= 0.3 is 0 Å². The highest BCUT2D eigenvalue weighted by molar-refractivity contribution is 5.39. The Bertz CT molecular complexity index is 708. The zero-order valence-corrected chi connectivity index (χ0v) is 12.5. The fraction of sp³-hybridized carbons (Fsp3) is 0.500. The highest BCUT2D eigenvalue weighted by atomic mass is 16.3. The molecule has 2 unspecified atom stereocenters. The van der Waals surface area contributed by atoms with E-state index in [0.29, 0.717) is 18.1 Å². The molecule has 3 heterocycles. The van der Waals surface area contributed by atoms with Crippen molar-refractivity contribution < 1.29 is 5.11 Å². The van der Waals surface area contributed by atoms with Crippen LogP contribution in [-0.4, -0.2) is 38.6 Å². The first kappa shape index (κ1) is 14.2. The van der Waals surface area contributed by atoms with Crippen molar-refractivity contribution in [1.82, 2.24) is 14.3 Å². The Morgan fingerprint density at radius 2 is 2.29 bits per heavy atom. The van der Waals surface area contributed by atoms with Crippen LogP contribution in [0.25, 0.3) is 5.65 Å². The number of likely N-dealkylation sites (tertiary alicyclic amines) is 1. The molecule has 1 N–H and O–H groups in total. The number of aliphatic hydroxyl groups excluding tert-OH is 1. The van der Waals surface area contributed by atoms with Gasteiger partial charge in [-0.1, -0.05) is 6.07 Å². The quantitative estimate of drug-likeness (QED) is 0.922. The average molecular weight is 287 g/mol. The van der Waals surface area contributed by atoms with Crippen LogP contribution < -0.4 is 5.56 Å². The normalized spacial score (nSPS) is 21.0. The van der Waals surface area contributed by atoms with Crippen LogP contribution in [0.5, 0.6) is 0 Å². The number of fused-ring (bicyclic) bond motifs is 1. The summed E-state index contributed by atoms with van der Waals surface area (Å²) >= 11 is 0. The molecular formula is C16H21N3O2. The van der Waals surface area contributed by atoms with Crippen molar-refractivity contribution >= 4 is 5.65 Å². The molecule has 0 aliphatic carbocycles. The van der Waals surface area contributed by atoms with E-state index in [4.69, 9.17) is 0 Å². The van der Waals surface area contributed by atoms with E-state index in [1.54, 1.807) is 10.5 Å². The molecule has 1 fully saturated rings. The third-order valence-electron chi connectivity index (χ3n) is 4.24. The number of hydrogen-bond donors (Lipinski definition) is 1. The number of pyridine rings is 1. The van der Waals surface area contributed by atoms with Crippen LogP contribution in [0.2, 0.25) is 0 Å². The van der Waals surface area contributed by atoms with E-state index in [9.17, 15) is 9.90 Å². The maximum absolute atomic E-state index is 12.2. The summed E-state index contributed by atoms with van der Waals surface area (Å²) in [6, 6.07) is 5.45. The van der Waals surface area contributed by atoms with Crippen molar-refractivity contribution in [3.8, 4) is 0 Å². The van der Waals surface area contributed by atoms with Crippen LogP contribution in [0.4, 0.5) is 0 Å². The molecule has 2 aromatic rings. The van der Waals surface area contributed by atoms with Crippen molar-refractivity contribution in [1.29, 1.82) is 0 Å². The third-order valence-corrected chi connectivity index (χ3v) is 4.24. The van der Waals surface area contributed by atoms with E-state index in [1.165, 1.54) is 0 Å². The van der Waals surface area contributed by atoms with Gasteiger partial charge in [0.2, 0.25) is 0 Å². The molecule has 0 aromatic carbocycles. The lowest BCUT2D eigenvalue weighted by Crippen LogP contribution is -2.25. The Balaban J connectivity index is 1.82. The van der Waals surface area contributed by atoms with E-state index in [2.05, 4.69) is 9.88 Å². The number of aromatic nitrogens is 2. The Kier molecular flexibility index (Phi) is 3.78. The number of nitrogens with zero attached hydrogens (tertiary/aromatic N) is 3. The lowest BCUT2D eigenvalue weighted by molar-refractivity contribution is 0.127. The predicted molar refractivity (Wildman–Crippen MR) is 81.3 cm³/mol. The smallest absolute Gasteiger partial charge is 0.258 e. The Hall–Kier alpha value is -1.72. The van der Waals surface area contributed by atoms with E-state index in [0.717, 1.165) is 30.8 Å². The minimum atomic E-state index is -0.270. The van der Waals surface area contributed by atoms with Gasteiger partial charge in [-0.15, -0.1) is 0 Å². The second-order valence-corrected chi connectivity index (χ2v) is 6.04. The summed E-state index contributed by atoms with van der Waals surface area (Å²) in [5.41, 5.74) is 2.49. The van der Waals surface area contributed by atoms with Gasteiger partial charge < -0.3 is 5.11 Å². The van der Waals surface area contributed by atoms with Crippen LogP contribution in [0.3, 0.4) is 0 Å². The van der Waals surface area contributed by atoms with E-state index < -0.39 is 0 Å². The van der Waals surface area contributed by atoms with Crippen LogP contribution >= 0.6 is 0 Å². The first-order chi connectivity index (χ1) is 10.0. The maximum Gasteiger partial charge on any atom is 0.258 e. The fourth-order valence-electron chi connectivity index (χ4n) is 2.97. The minimum absolute atomic E-state index is 0.0371. The average Bonchev–Trinajstić information content (AvgIpc) is 2.88. The Labute approximate surface area is 123 Å². The summed E-state index contributed by atoms with van der Waals surface area (Å²) in [6.45, 7) is 6.29. The van der Waals surface area contributed by atoms with Crippen LogP contribution in [0.1, 0.15) is 24.6 Å². The highest BCUT2D eigenvalue weighted by Crippen LogP contribution is 2.20. The molecule has 21 heavy (non-hydrogen) atoms. The lowest BCUT2D eigenvalue weighted by Gasteiger charge is -2.17. The molecule has 112 valence electrons. The van der Waals surface area contributed by atoms with Gasteiger partial charge in [-0.2, -0.15) is 0 Å². The van der Waals surface area contributed by atoms with Gasteiger partial charge in [0.1, 0.15) is 5.65 Å². The summed E-state index contributed by atoms with van der Waals surface area (Å²) in [6.07, 6.45) is 2.55. The Morgan fingerprint density at radius 3 is 3.00 bits per heavy atom. The summed E-state index contributed by atoms with van der Waals surface area (Å²) in [5.74, 6) is 0.328. The summed E-state index contributed by atoms with van der Waals surface area (Å²) < 4.78 is 1.58. The van der Waals surface area contributed by atoms with Gasteiger partial charge in [0.15, 0.2) is 0 Å². The van der Waals surface area contributed by atoms with Crippen LogP contribution in [-0.2, 0) is 6.54 Å². The number of rotatable bonds is 3. The molecule has 0 radical (unpaired) electrons. The van der Waals surface area contributed by atoms with Crippen molar-refractivity contribution in [2.45, 2.75) is 32.9 Å². The molecular weight excluding hydrogens is 266 g/mol. The second-order valence-electron chi connectivity index (χ2n) is 6.04. The molecule has 0 amide bonds. The van der Waals surface area contributed by atoms with Gasteiger partial charge in [0.25, 0.3) is 5.56 Å². The van der Waals surface area contributed by atoms with Gasteiger partial charge in [-0.25, -0.2) is 4.98 Å². The first-order valence-corrected chi connectivity index (χ1v) is 7.42. The summed E-state index contributed by atoms with van der Waals surface area (Å²) in [7, 11) is 0. The highest BCUT2D eigenvalue weighted by Gasteiger charge is 2.26. The van der Waals surface area contributed by atoms with E-state index >= 15 is 0 Å². The van der Waals surface area contributed by atoms with E-state index in [1.807, 2.05) is 32.2 Å². The molecule has 3 rings (SSSR count). The standard InChI is InChI=1S/C16H21N3O2/c1-11-3-4-15-17-14(7-16(21)19(15)8-11)10-18-6-5-13(9-18)12(2)20/h3-4,7-8,12-13,20H,5-6,9-10H2,1-2H3. The SMILES string of the molecule is Cc1ccc2nc(CN3CCC(C(C)O)C3)cc(=O)n2c1. The number of aryl methyl sites for hydroxylation is 1. The number of aliphatic hydroxyl groups is 1. The molecule has 1 aliphatic rings. The van der Waals surface area contributed by atoms with Crippen LogP contribution in [0, 0.1) is 12.8 Å². The van der Waals surface area contributed by atoms with Crippen molar-refractivity contribution in [2.24, 2.45) is 5.92 Å². The molecule has 2 aromatic heterocycles. The van der Waals surface area contributed by atoms with Gasteiger partial charge in [0.05, 0.1) is 11.8 Å². The van der Waals surface area contributed by atoms with Crippen LogP contribution in [0.15, 0.2) is 29.2 Å². The molecule has 2 atom stereocenters. The predicted octanol–water partition coefficient (Wildman–Crippen LogP) is 1.21. The topological polar surface area (TPSA) is 57.8 Å². The first-order valence-electron chi connectivity index (χ1n) is 7.42. The van der Waals surface area contributed by atoms with Crippen molar-refractivity contribution in [3.63, 3.8) is 0 Å². The second kappa shape index (κ2) is 5.58. The summed E-state index contributed by atoms with van der Waals surface area (Å²) in [5, 5.41) is 9.65. The minimum Gasteiger partial charge on any atom is -0.393 e. The van der Waals surface area contributed by atoms with Gasteiger partial charge in [0, 0.05) is 25.4 Å². The Morgan fingerprint density at radius 1 is 1.48 bits per heavy atom. The van der Waals surface area contributed by atoms with Crippen molar-refractivity contribution in [2.75, 3.05) is 13.1 Å². The van der Waals surface area contributed by atoms with Crippen molar-refractivity contribution in [3.05, 3.63) is 46.0 Å². The third kappa shape index (κ3) is 2.99. The van der Waals surface area contributed by atoms with Gasteiger partial charge in [-0.05, 0) is 44.4 Å². The lowest BCUT2D eigenvalue weighted by atomic mass is 10.0. The van der Waals surface area contributed by atoms with Gasteiger partial charge in [-0.3, -0.25) is 14.1 Å². The molecule has 0 spiro atoms. The van der Waals surface area contributed by atoms with E-state index in [-0.39, 0.29) is 11.7 Å².